The number of carboxylic acid groups (broad SMARTS) is 1. The van der Waals surface area contributed by atoms with Crippen molar-refractivity contribution in [2.75, 3.05) is 6.54 Å². The topological polar surface area (TPSA) is 123 Å². The molecule has 0 spiro atoms. The van der Waals surface area contributed by atoms with E-state index in [2.05, 4.69) is 10.1 Å². The van der Waals surface area contributed by atoms with Gasteiger partial charge in [0, 0.05) is 31.0 Å². The summed E-state index contributed by atoms with van der Waals surface area (Å²) in [6.45, 7) is 0.302. The van der Waals surface area contributed by atoms with E-state index in [9.17, 15) is 18.0 Å². The van der Waals surface area contributed by atoms with E-state index in [4.69, 9.17) is 20.2 Å². The molecule has 2 heterocycles. The Kier molecular flexibility index (Phi) is 7.84. The molecule has 0 unspecified atom stereocenters. The SMILES string of the molecule is N[C@@H](CC(=O)N1CCC[C@H]1c1nc(C2CCC2)no1)Cc1cc(F)c(F)cc1F.O=CO. The van der Waals surface area contributed by atoms with E-state index in [0.29, 0.717) is 30.2 Å². The van der Waals surface area contributed by atoms with Gasteiger partial charge in [-0.25, -0.2) is 13.2 Å². The zero-order chi connectivity index (χ0) is 23.3. The van der Waals surface area contributed by atoms with Crippen molar-refractivity contribution in [1.82, 2.24) is 15.0 Å². The third-order valence-corrected chi connectivity index (χ3v) is 5.79. The molecule has 4 rings (SSSR count). The van der Waals surface area contributed by atoms with E-state index in [0.717, 1.165) is 31.7 Å². The summed E-state index contributed by atoms with van der Waals surface area (Å²) in [5, 5.41) is 11.0. The van der Waals surface area contributed by atoms with Crippen molar-refractivity contribution in [1.29, 1.82) is 0 Å². The Hall–Kier alpha value is -2.95. The molecule has 2 aromatic rings. The first-order valence-corrected chi connectivity index (χ1v) is 10.4. The third kappa shape index (κ3) is 5.45. The average molecular weight is 454 g/mol. The summed E-state index contributed by atoms with van der Waals surface area (Å²) in [6.07, 6.45) is 4.70. The lowest BCUT2D eigenvalue weighted by molar-refractivity contribution is -0.133. The molecule has 3 N–H and O–H groups in total. The smallest absolute Gasteiger partial charge is 0.290 e. The predicted molar refractivity (Wildman–Crippen MR) is 106 cm³/mol. The number of aromatic nitrogens is 2. The second-order valence-corrected chi connectivity index (χ2v) is 8.00. The fourth-order valence-corrected chi connectivity index (χ4v) is 3.95. The Morgan fingerprint density at radius 3 is 2.56 bits per heavy atom. The summed E-state index contributed by atoms with van der Waals surface area (Å²) in [5.74, 6) is -1.98. The number of nitrogens with two attached hydrogens (primary N) is 1. The highest BCUT2D eigenvalue weighted by atomic mass is 19.2. The molecule has 0 radical (unpaired) electrons. The van der Waals surface area contributed by atoms with Crippen LogP contribution < -0.4 is 5.73 Å². The highest BCUT2D eigenvalue weighted by Crippen LogP contribution is 2.37. The van der Waals surface area contributed by atoms with Crippen molar-refractivity contribution in [3.8, 4) is 0 Å². The second kappa shape index (κ2) is 10.6. The molecule has 1 amide bonds. The highest BCUT2D eigenvalue weighted by molar-refractivity contribution is 5.77. The summed E-state index contributed by atoms with van der Waals surface area (Å²) < 4.78 is 45.7. The summed E-state index contributed by atoms with van der Waals surface area (Å²) in [6, 6.07) is 0.270. The Balaban J connectivity index is 0.000000913. The zero-order valence-electron chi connectivity index (χ0n) is 17.3. The number of carbonyl (C=O) groups excluding carboxylic acids is 1. The van der Waals surface area contributed by atoms with Crippen LogP contribution in [-0.4, -0.2) is 45.1 Å². The molecule has 1 aromatic heterocycles. The molecule has 0 bridgehead atoms. The maximum absolute atomic E-state index is 13.8. The zero-order valence-corrected chi connectivity index (χ0v) is 17.3. The summed E-state index contributed by atoms with van der Waals surface area (Å²) in [5.41, 5.74) is 5.95. The van der Waals surface area contributed by atoms with Crippen LogP contribution in [0.4, 0.5) is 13.2 Å². The highest BCUT2D eigenvalue weighted by Gasteiger charge is 2.35. The lowest BCUT2D eigenvalue weighted by Gasteiger charge is -2.24. The van der Waals surface area contributed by atoms with Crippen LogP contribution in [-0.2, 0) is 16.0 Å². The molecule has 1 aromatic carbocycles. The minimum absolute atomic E-state index is 0.0431. The third-order valence-electron chi connectivity index (χ3n) is 5.79. The molecule has 1 saturated carbocycles. The van der Waals surface area contributed by atoms with Gasteiger partial charge in [-0.3, -0.25) is 9.59 Å². The summed E-state index contributed by atoms with van der Waals surface area (Å²) in [7, 11) is 0. The average Bonchev–Trinajstić information content (AvgIpc) is 3.34. The van der Waals surface area contributed by atoms with Crippen LogP contribution in [0.25, 0.3) is 0 Å². The van der Waals surface area contributed by atoms with E-state index < -0.39 is 23.5 Å². The molecule has 1 saturated heterocycles. The quantitative estimate of drug-likeness (QED) is 0.508. The molecule has 8 nitrogen and oxygen atoms in total. The number of nitrogens with zero attached hydrogens (tertiary/aromatic N) is 3. The number of halogens is 3. The van der Waals surface area contributed by atoms with Gasteiger partial charge in [0.15, 0.2) is 17.5 Å². The van der Waals surface area contributed by atoms with E-state index >= 15 is 0 Å². The van der Waals surface area contributed by atoms with Gasteiger partial charge in [0.1, 0.15) is 11.9 Å². The van der Waals surface area contributed by atoms with Gasteiger partial charge in [0.25, 0.3) is 6.47 Å². The standard InChI is InChI=1S/C20H23F3N4O2.CH2O2/c21-14-10-16(23)15(22)8-12(14)7-13(24)9-18(28)27-6-2-5-17(27)20-25-19(26-29-20)11-3-1-4-11;2-1-3/h8,10-11,13,17H,1-7,9,24H2;1H,(H,2,3)/t13-,17+;/m1./s1. The number of amides is 1. The normalized spacial score (nSPS) is 19.1. The molecule has 1 aliphatic carbocycles. The van der Waals surface area contributed by atoms with Gasteiger partial charge in [-0.1, -0.05) is 11.6 Å². The number of hydrogen-bond donors (Lipinski definition) is 2. The summed E-state index contributed by atoms with van der Waals surface area (Å²) in [4.78, 5) is 27.3. The molecular weight excluding hydrogens is 429 g/mol. The van der Waals surface area contributed by atoms with Gasteiger partial charge in [0.2, 0.25) is 11.8 Å². The summed E-state index contributed by atoms with van der Waals surface area (Å²) >= 11 is 0. The molecule has 2 aliphatic rings. The van der Waals surface area contributed by atoms with E-state index in [1.54, 1.807) is 4.90 Å². The molecule has 11 heteroatoms. The van der Waals surface area contributed by atoms with Gasteiger partial charge in [-0.05, 0) is 43.7 Å². The van der Waals surface area contributed by atoms with Gasteiger partial charge in [-0.15, -0.1) is 0 Å². The maximum atomic E-state index is 13.8. The van der Waals surface area contributed by atoms with Crippen LogP contribution in [0.1, 0.15) is 67.8 Å². The molecule has 1 aliphatic heterocycles. The fourth-order valence-electron chi connectivity index (χ4n) is 3.95. The van der Waals surface area contributed by atoms with Crippen molar-refractivity contribution in [3.05, 3.63) is 46.9 Å². The van der Waals surface area contributed by atoms with Crippen molar-refractivity contribution in [3.63, 3.8) is 0 Å². The number of rotatable bonds is 6. The van der Waals surface area contributed by atoms with Crippen LogP contribution in [0.15, 0.2) is 16.7 Å². The van der Waals surface area contributed by atoms with Gasteiger partial charge >= 0.3 is 0 Å². The Morgan fingerprint density at radius 2 is 1.91 bits per heavy atom. The first-order chi connectivity index (χ1) is 15.3. The molecular formula is C21H25F3N4O4. The van der Waals surface area contributed by atoms with Crippen LogP contribution >= 0.6 is 0 Å². The molecule has 32 heavy (non-hydrogen) atoms. The van der Waals surface area contributed by atoms with E-state index in [-0.39, 0.29) is 36.8 Å². The van der Waals surface area contributed by atoms with E-state index in [1.165, 1.54) is 6.42 Å². The molecule has 174 valence electrons. The first-order valence-electron chi connectivity index (χ1n) is 10.4. The number of hydrogen-bond acceptors (Lipinski definition) is 6. The van der Waals surface area contributed by atoms with E-state index in [1.807, 2.05) is 0 Å². The Bertz CT molecular complexity index is 951. The lowest BCUT2D eigenvalue weighted by atomic mass is 9.85. The van der Waals surface area contributed by atoms with Crippen molar-refractivity contribution < 1.29 is 32.4 Å². The van der Waals surface area contributed by atoms with Crippen LogP contribution in [0.5, 0.6) is 0 Å². The van der Waals surface area contributed by atoms with Crippen molar-refractivity contribution in [2.24, 2.45) is 5.73 Å². The second-order valence-electron chi connectivity index (χ2n) is 8.00. The Labute approximate surface area is 182 Å². The minimum atomic E-state index is -1.25. The lowest BCUT2D eigenvalue weighted by Crippen LogP contribution is -2.36. The largest absolute Gasteiger partial charge is 0.483 e. The molecule has 2 atom stereocenters. The molecule has 2 fully saturated rings. The van der Waals surface area contributed by atoms with Gasteiger partial charge < -0.3 is 20.3 Å². The van der Waals surface area contributed by atoms with Crippen molar-refractivity contribution in [2.45, 2.75) is 62.9 Å². The Morgan fingerprint density at radius 1 is 1.22 bits per heavy atom. The first kappa shape index (κ1) is 23.7. The number of likely N-dealkylation sites (tertiary alicyclic amines) is 1. The van der Waals surface area contributed by atoms with Crippen LogP contribution in [0.3, 0.4) is 0 Å². The van der Waals surface area contributed by atoms with Crippen LogP contribution in [0.2, 0.25) is 0 Å². The van der Waals surface area contributed by atoms with Gasteiger partial charge in [-0.2, -0.15) is 4.98 Å². The van der Waals surface area contributed by atoms with Crippen LogP contribution in [0, 0.1) is 17.5 Å². The predicted octanol–water partition coefficient (Wildman–Crippen LogP) is 3.08. The van der Waals surface area contributed by atoms with Crippen molar-refractivity contribution >= 4 is 12.4 Å². The fraction of sp³-hybridized carbons (Fsp3) is 0.524. The number of benzene rings is 1. The minimum Gasteiger partial charge on any atom is -0.483 e. The monoisotopic (exact) mass is 454 g/mol. The number of carbonyl (C=O) groups is 2. The maximum Gasteiger partial charge on any atom is 0.290 e. The van der Waals surface area contributed by atoms with Gasteiger partial charge in [0.05, 0.1) is 0 Å².